The molecule has 1 aliphatic rings. The average molecular weight is 248 g/mol. The molecule has 2 heteroatoms. The SMILES string of the molecule is COC1CCCC(O)(CCCc2ccccc2)C1. The Bertz CT molecular complexity index is 349. The number of aryl methyl sites for hydroxylation is 1. The summed E-state index contributed by atoms with van der Waals surface area (Å²) in [5.74, 6) is 0. The summed E-state index contributed by atoms with van der Waals surface area (Å²) in [5.41, 5.74) is 0.869. The van der Waals surface area contributed by atoms with Crippen molar-refractivity contribution in [3.05, 3.63) is 35.9 Å². The molecule has 2 unspecified atom stereocenters. The van der Waals surface area contributed by atoms with E-state index in [1.54, 1.807) is 7.11 Å². The minimum atomic E-state index is -0.492. The van der Waals surface area contributed by atoms with Gasteiger partial charge < -0.3 is 9.84 Å². The van der Waals surface area contributed by atoms with Crippen molar-refractivity contribution in [3.8, 4) is 0 Å². The molecule has 0 aromatic heterocycles. The van der Waals surface area contributed by atoms with Gasteiger partial charge in [0.05, 0.1) is 11.7 Å². The van der Waals surface area contributed by atoms with E-state index in [0.29, 0.717) is 0 Å². The first kappa shape index (κ1) is 13.6. The maximum Gasteiger partial charge on any atom is 0.0672 e. The zero-order valence-corrected chi connectivity index (χ0v) is 11.3. The highest BCUT2D eigenvalue weighted by atomic mass is 16.5. The van der Waals surface area contributed by atoms with Crippen molar-refractivity contribution in [2.75, 3.05) is 7.11 Å². The topological polar surface area (TPSA) is 29.5 Å². The minimum absolute atomic E-state index is 0.250. The summed E-state index contributed by atoms with van der Waals surface area (Å²) < 4.78 is 5.39. The largest absolute Gasteiger partial charge is 0.390 e. The number of benzene rings is 1. The number of hydrogen-bond acceptors (Lipinski definition) is 2. The van der Waals surface area contributed by atoms with E-state index in [1.807, 2.05) is 6.07 Å². The molecule has 1 aromatic rings. The van der Waals surface area contributed by atoms with E-state index in [1.165, 1.54) is 5.56 Å². The maximum absolute atomic E-state index is 10.6. The lowest BCUT2D eigenvalue weighted by Crippen LogP contribution is -2.38. The number of aliphatic hydroxyl groups is 1. The smallest absolute Gasteiger partial charge is 0.0672 e. The highest BCUT2D eigenvalue weighted by Crippen LogP contribution is 2.33. The van der Waals surface area contributed by atoms with Crippen LogP contribution in [0, 0.1) is 0 Å². The second-order valence-electron chi connectivity index (χ2n) is 5.52. The fourth-order valence-electron chi connectivity index (χ4n) is 2.98. The van der Waals surface area contributed by atoms with Crippen LogP contribution in [0.3, 0.4) is 0 Å². The van der Waals surface area contributed by atoms with E-state index in [0.717, 1.165) is 44.9 Å². The Balaban J connectivity index is 1.78. The monoisotopic (exact) mass is 248 g/mol. The summed E-state index contributed by atoms with van der Waals surface area (Å²) in [6, 6.07) is 10.5. The molecule has 1 N–H and O–H groups in total. The summed E-state index contributed by atoms with van der Waals surface area (Å²) in [5, 5.41) is 10.6. The third kappa shape index (κ3) is 3.82. The molecule has 0 aliphatic heterocycles. The molecule has 1 aliphatic carbocycles. The van der Waals surface area contributed by atoms with Crippen molar-refractivity contribution in [1.29, 1.82) is 0 Å². The van der Waals surface area contributed by atoms with Crippen LogP contribution in [-0.4, -0.2) is 23.9 Å². The molecule has 2 atom stereocenters. The maximum atomic E-state index is 10.6. The van der Waals surface area contributed by atoms with Crippen LogP contribution >= 0.6 is 0 Å². The fourth-order valence-corrected chi connectivity index (χ4v) is 2.98. The van der Waals surface area contributed by atoms with Crippen LogP contribution in [0.4, 0.5) is 0 Å². The van der Waals surface area contributed by atoms with Crippen LogP contribution in [0.25, 0.3) is 0 Å². The molecular weight excluding hydrogens is 224 g/mol. The van der Waals surface area contributed by atoms with Gasteiger partial charge >= 0.3 is 0 Å². The molecule has 0 spiro atoms. The standard InChI is InChI=1S/C16H24O2/c1-18-15-10-6-12-16(17,13-15)11-5-9-14-7-3-2-4-8-14/h2-4,7-8,15,17H,5-6,9-13H2,1H3. The molecular formula is C16H24O2. The van der Waals surface area contributed by atoms with E-state index >= 15 is 0 Å². The Labute approximate surface area is 110 Å². The molecule has 0 radical (unpaired) electrons. The van der Waals surface area contributed by atoms with Gasteiger partial charge in [-0.25, -0.2) is 0 Å². The van der Waals surface area contributed by atoms with E-state index in [9.17, 15) is 5.11 Å². The number of rotatable bonds is 5. The Morgan fingerprint density at radius 3 is 2.83 bits per heavy atom. The highest BCUT2D eigenvalue weighted by Gasteiger charge is 2.33. The predicted octanol–water partition coefficient (Wildman–Crippen LogP) is 3.33. The van der Waals surface area contributed by atoms with E-state index in [4.69, 9.17) is 4.74 Å². The Morgan fingerprint density at radius 2 is 2.11 bits per heavy atom. The first-order valence-electron chi connectivity index (χ1n) is 7.01. The van der Waals surface area contributed by atoms with Gasteiger partial charge in [0, 0.05) is 13.5 Å². The Hall–Kier alpha value is -0.860. The van der Waals surface area contributed by atoms with Gasteiger partial charge in [-0.2, -0.15) is 0 Å². The van der Waals surface area contributed by atoms with Gasteiger partial charge in [0.1, 0.15) is 0 Å². The fraction of sp³-hybridized carbons (Fsp3) is 0.625. The second-order valence-corrected chi connectivity index (χ2v) is 5.52. The van der Waals surface area contributed by atoms with Crippen LogP contribution < -0.4 is 0 Å². The lowest BCUT2D eigenvalue weighted by molar-refractivity contribution is -0.0641. The van der Waals surface area contributed by atoms with Gasteiger partial charge in [0.15, 0.2) is 0 Å². The zero-order chi connectivity index (χ0) is 12.8. The average Bonchev–Trinajstić information content (AvgIpc) is 2.40. The van der Waals surface area contributed by atoms with Crippen molar-refractivity contribution in [3.63, 3.8) is 0 Å². The van der Waals surface area contributed by atoms with Crippen molar-refractivity contribution in [2.24, 2.45) is 0 Å². The van der Waals surface area contributed by atoms with Gasteiger partial charge in [-0.05, 0) is 44.1 Å². The van der Waals surface area contributed by atoms with Crippen LogP contribution in [0.5, 0.6) is 0 Å². The van der Waals surface area contributed by atoms with Gasteiger partial charge in [-0.3, -0.25) is 0 Å². The molecule has 0 bridgehead atoms. The van der Waals surface area contributed by atoms with Crippen LogP contribution in [-0.2, 0) is 11.2 Å². The van der Waals surface area contributed by atoms with Crippen molar-refractivity contribution >= 4 is 0 Å². The highest BCUT2D eigenvalue weighted by molar-refractivity contribution is 5.14. The molecule has 1 fully saturated rings. The molecule has 0 saturated heterocycles. The Morgan fingerprint density at radius 1 is 1.33 bits per heavy atom. The predicted molar refractivity (Wildman–Crippen MR) is 73.6 cm³/mol. The summed E-state index contributed by atoms with van der Waals surface area (Å²) in [6.45, 7) is 0. The van der Waals surface area contributed by atoms with Crippen molar-refractivity contribution in [2.45, 2.75) is 56.7 Å². The number of methoxy groups -OCH3 is 1. The van der Waals surface area contributed by atoms with E-state index < -0.39 is 5.60 Å². The molecule has 1 saturated carbocycles. The third-order valence-corrected chi connectivity index (χ3v) is 4.06. The molecule has 100 valence electrons. The molecule has 1 aromatic carbocycles. The zero-order valence-electron chi connectivity index (χ0n) is 11.3. The van der Waals surface area contributed by atoms with Crippen LogP contribution in [0.2, 0.25) is 0 Å². The molecule has 2 nitrogen and oxygen atoms in total. The third-order valence-electron chi connectivity index (χ3n) is 4.06. The summed E-state index contributed by atoms with van der Waals surface area (Å²) in [6.07, 6.45) is 7.16. The molecule has 2 rings (SSSR count). The van der Waals surface area contributed by atoms with Gasteiger partial charge in [0.2, 0.25) is 0 Å². The van der Waals surface area contributed by atoms with Crippen LogP contribution in [0.15, 0.2) is 30.3 Å². The summed E-state index contributed by atoms with van der Waals surface area (Å²) >= 11 is 0. The molecule has 18 heavy (non-hydrogen) atoms. The molecule has 0 heterocycles. The summed E-state index contributed by atoms with van der Waals surface area (Å²) in [4.78, 5) is 0. The normalized spacial score (nSPS) is 28.2. The number of ether oxygens (including phenoxy) is 1. The molecule has 0 amide bonds. The Kier molecular flexibility index (Phi) is 4.79. The first-order chi connectivity index (χ1) is 8.72. The first-order valence-corrected chi connectivity index (χ1v) is 7.01. The van der Waals surface area contributed by atoms with E-state index in [2.05, 4.69) is 24.3 Å². The van der Waals surface area contributed by atoms with Gasteiger partial charge in [-0.1, -0.05) is 30.3 Å². The van der Waals surface area contributed by atoms with Gasteiger partial charge in [-0.15, -0.1) is 0 Å². The lowest BCUT2D eigenvalue weighted by atomic mass is 9.79. The van der Waals surface area contributed by atoms with Crippen molar-refractivity contribution in [1.82, 2.24) is 0 Å². The quantitative estimate of drug-likeness (QED) is 0.866. The number of hydrogen-bond donors (Lipinski definition) is 1. The second kappa shape index (κ2) is 6.35. The van der Waals surface area contributed by atoms with E-state index in [-0.39, 0.29) is 6.10 Å². The summed E-state index contributed by atoms with van der Waals surface area (Å²) in [7, 11) is 1.75. The van der Waals surface area contributed by atoms with Gasteiger partial charge in [0.25, 0.3) is 0 Å². The van der Waals surface area contributed by atoms with Crippen LogP contribution in [0.1, 0.15) is 44.1 Å². The van der Waals surface area contributed by atoms with Crippen molar-refractivity contribution < 1.29 is 9.84 Å². The lowest BCUT2D eigenvalue weighted by Gasteiger charge is -2.36. The minimum Gasteiger partial charge on any atom is -0.390 e.